The molecule has 142 valence electrons. The first-order valence-electron chi connectivity index (χ1n) is 9.28. The fraction of sp³-hybridized carbons (Fsp3) is 0.381. The van der Waals surface area contributed by atoms with E-state index in [2.05, 4.69) is 34.9 Å². The molecule has 2 aliphatic rings. The van der Waals surface area contributed by atoms with E-state index < -0.39 is 11.6 Å². The molecule has 1 spiro atoms. The summed E-state index contributed by atoms with van der Waals surface area (Å²) in [5.74, 6) is -1.90. The van der Waals surface area contributed by atoms with Gasteiger partial charge in [-0.2, -0.15) is 0 Å². The molecule has 2 saturated heterocycles. The van der Waals surface area contributed by atoms with E-state index >= 15 is 0 Å². The van der Waals surface area contributed by atoms with Gasteiger partial charge in [0.25, 0.3) is 0 Å². The number of likely N-dealkylation sites (tertiary alicyclic amines) is 1. The van der Waals surface area contributed by atoms with E-state index in [0.29, 0.717) is 6.54 Å². The van der Waals surface area contributed by atoms with Crippen molar-refractivity contribution in [3.63, 3.8) is 0 Å². The van der Waals surface area contributed by atoms with Gasteiger partial charge in [0.05, 0.1) is 6.04 Å². The van der Waals surface area contributed by atoms with Crippen LogP contribution in [0.15, 0.2) is 42.5 Å². The maximum Gasteiger partial charge on any atom is 0.322 e. The third-order valence-corrected chi connectivity index (χ3v) is 5.80. The average Bonchev–Trinajstić information content (AvgIpc) is 2.65. The minimum atomic E-state index is -0.971. The number of nitrogens with zero attached hydrogens (tertiary/aromatic N) is 1. The fourth-order valence-corrected chi connectivity index (χ4v) is 4.33. The van der Waals surface area contributed by atoms with Crippen molar-refractivity contribution in [2.24, 2.45) is 5.41 Å². The van der Waals surface area contributed by atoms with Crippen molar-refractivity contribution in [2.75, 3.05) is 25.0 Å². The summed E-state index contributed by atoms with van der Waals surface area (Å²) >= 11 is 0. The SMILES string of the molecule is Cc1ccc(C2N(C(=O)Nc3ccc(F)c(F)c3)CC23CCNCC3)cc1. The molecule has 2 aliphatic heterocycles. The topological polar surface area (TPSA) is 44.4 Å². The summed E-state index contributed by atoms with van der Waals surface area (Å²) in [4.78, 5) is 14.7. The Labute approximate surface area is 157 Å². The van der Waals surface area contributed by atoms with Crippen molar-refractivity contribution in [3.05, 3.63) is 65.2 Å². The number of hydrogen-bond acceptors (Lipinski definition) is 2. The zero-order valence-electron chi connectivity index (χ0n) is 15.3. The van der Waals surface area contributed by atoms with Crippen molar-refractivity contribution in [3.8, 4) is 0 Å². The second kappa shape index (κ2) is 6.93. The van der Waals surface area contributed by atoms with Crippen LogP contribution >= 0.6 is 0 Å². The van der Waals surface area contributed by atoms with Gasteiger partial charge in [-0.15, -0.1) is 0 Å². The van der Waals surface area contributed by atoms with Crippen LogP contribution in [0.25, 0.3) is 0 Å². The monoisotopic (exact) mass is 371 g/mol. The lowest BCUT2D eigenvalue weighted by molar-refractivity contribution is -0.0614. The largest absolute Gasteiger partial charge is 0.322 e. The quantitative estimate of drug-likeness (QED) is 0.830. The predicted octanol–water partition coefficient (Wildman–Crippen LogP) is 4.23. The third kappa shape index (κ3) is 3.30. The number of anilines is 1. The summed E-state index contributed by atoms with van der Waals surface area (Å²) < 4.78 is 26.6. The molecular weight excluding hydrogens is 348 g/mol. The molecule has 0 aromatic heterocycles. The van der Waals surface area contributed by atoms with Gasteiger partial charge in [-0.3, -0.25) is 0 Å². The Balaban J connectivity index is 1.58. The number of nitrogens with one attached hydrogen (secondary N) is 2. The molecule has 1 unspecified atom stereocenters. The molecule has 2 aromatic rings. The standard InChI is InChI=1S/C21H23F2N3O/c1-14-2-4-15(5-3-14)19-21(8-10-24-11-9-21)13-26(19)20(27)25-16-6-7-17(22)18(23)12-16/h2-7,12,19,24H,8-11,13H2,1H3,(H,25,27). The maximum absolute atomic E-state index is 13.4. The second-order valence-corrected chi connectivity index (χ2v) is 7.61. The van der Waals surface area contributed by atoms with Gasteiger partial charge in [-0.05, 0) is 50.6 Å². The minimum Gasteiger partial charge on any atom is -0.317 e. The number of aryl methyl sites for hydroxylation is 1. The highest BCUT2D eigenvalue weighted by atomic mass is 19.2. The third-order valence-electron chi connectivity index (χ3n) is 5.80. The lowest BCUT2D eigenvalue weighted by atomic mass is 9.63. The highest BCUT2D eigenvalue weighted by Gasteiger charge is 2.55. The van der Waals surface area contributed by atoms with Crippen molar-refractivity contribution in [2.45, 2.75) is 25.8 Å². The zero-order valence-corrected chi connectivity index (χ0v) is 15.3. The number of piperidine rings is 1. The molecule has 2 fully saturated rings. The molecule has 2 heterocycles. The van der Waals surface area contributed by atoms with Crippen molar-refractivity contribution < 1.29 is 13.6 Å². The van der Waals surface area contributed by atoms with Gasteiger partial charge in [-0.1, -0.05) is 29.8 Å². The number of amides is 2. The molecule has 2 amide bonds. The fourth-order valence-electron chi connectivity index (χ4n) is 4.33. The normalized spacial score (nSPS) is 21.0. The van der Waals surface area contributed by atoms with Crippen LogP contribution in [0.5, 0.6) is 0 Å². The first kappa shape index (κ1) is 17.9. The van der Waals surface area contributed by atoms with Crippen LogP contribution < -0.4 is 10.6 Å². The first-order chi connectivity index (χ1) is 13.0. The van der Waals surface area contributed by atoms with Gasteiger partial charge in [0.1, 0.15) is 0 Å². The molecule has 27 heavy (non-hydrogen) atoms. The van der Waals surface area contributed by atoms with E-state index in [1.54, 1.807) is 4.90 Å². The van der Waals surface area contributed by atoms with Crippen LogP contribution in [0.2, 0.25) is 0 Å². The molecule has 6 heteroatoms. The van der Waals surface area contributed by atoms with Crippen LogP contribution in [0.1, 0.15) is 30.0 Å². The van der Waals surface area contributed by atoms with Gasteiger partial charge in [0.15, 0.2) is 11.6 Å². The number of urea groups is 1. The summed E-state index contributed by atoms with van der Waals surface area (Å²) in [6, 6.07) is 11.4. The molecule has 1 atom stereocenters. The van der Waals surface area contributed by atoms with Gasteiger partial charge in [0, 0.05) is 23.7 Å². The Bertz CT molecular complexity index is 847. The first-order valence-corrected chi connectivity index (χ1v) is 9.28. The highest BCUT2D eigenvalue weighted by molar-refractivity contribution is 5.90. The second-order valence-electron chi connectivity index (χ2n) is 7.61. The minimum absolute atomic E-state index is 0.00880. The summed E-state index contributed by atoms with van der Waals surface area (Å²) in [6.07, 6.45) is 2.03. The highest BCUT2D eigenvalue weighted by Crippen LogP contribution is 2.54. The van der Waals surface area contributed by atoms with Gasteiger partial charge < -0.3 is 15.5 Å². The summed E-state index contributed by atoms with van der Waals surface area (Å²) in [5, 5.41) is 6.10. The average molecular weight is 371 g/mol. The number of carbonyl (C=O) groups excluding carboxylic acids is 1. The molecule has 0 radical (unpaired) electrons. The Hall–Kier alpha value is -2.47. The van der Waals surface area contributed by atoms with Crippen LogP contribution in [0, 0.1) is 24.0 Å². The maximum atomic E-state index is 13.4. The lowest BCUT2D eigenvalue weighted by Gasteiger charge is -2.59. The number of benzene rings is 2. The molecule has 4 rings (SSSR count). The van der Waals surface area contributed by atoms with E-state index in [9.17, 15) is 13.6 Å². The molecule has 0 bridgehead atoms. The number of rotatable bonds is 2. The molecule has 4 nitrogen and oxygen atoms in total. The summed E-state index contributed by atoms with van der Waals surface area (Å²) in [7, 11) is 0. The number of carbonyl (C=O) groups is 1. The van der Waals surface area contributed by atoms with Crippen LogP contribution in [-0.2, 0) is 0 Å². The Morgan fingerprint density at radius 1 is 1.11 bits per heavy atom. The van der Waals surface area contributed by atoms with Crippen molar-refractivity contribution >= 4 is 11.7 Å². The number of hydrogen-bond donors (Lipinski definition) is 2. The van der Waals surface area contributed by atoms with Crippen molar-refractivity contribution in [1.82, 2.24) is 10.2 Å². The van der Waals surface area contributed by atoms with E-state index in [4.69, 9.17) is 0 Å². The number of halogens is 2. The predicted molar refractivity (Wildman–Crippen MR) is 101 cm³/mol. The molecule has 2 aromatic carbocycles. The summed E-state index contributed by atoms with van der Waals surface area (Å²) in [5.41, 5.74) is 2.63. The molecule has 0 saturated carbocycles. The van der Waals surface area contributed by atoms with Crippen LogP contribution in [0.4, 0.5) is 19.3 Å². The summed E-state index contributed by atoms with van der Waals surface area (Å²) in [6.45, 7) is 4.60. The smallest absolute Gasteiger partial charge is 0.317 e. The van der Waals surface area contributed by atoms with E-state index in [-0.39, 0.29) is 23.2 Å². The van der Waals surface area contributed by atoms with Gasteiger partial charge in [0.2, 0.25) is 0 Å². The Morgan fingerprint density at radius 2 is 1.81 bits per heavy atom. The lowest BCUT2D eigenvalue weighted by Crippen LogP contribution is -2.64. The Morgan fingerprint density at radius 3 is 2.48 bits per heavy atom. The van der Waals surface area contributed by atoms with E-state index in [0.717, 1.165) is 43.6 Å². The molecule has 0 aliphatic carbocycles. The molecular formula is C21H23F2N3O. The van der Waals surface area contributed by atoms with E-state index in [1.165, 1.54) is 11.6 Å². The van der Waals surface area contributed by atoms with Crippen LogP contribution in [0.3, 0.4) is 0 Å². The van der Waals surface area contributed by atoms with Crippen molar-refractivity contribution in [1.29, 1.82) is 0 Å². The van der Waals surface area contributed by atoms with Crippen LogP contribution in [-0.4, -0.2) is 30.6 Å². The Kier molecular flexibility index (Phi) is 4.60. The zero-order chi connectivity index (χ0) is 19.0. The van der Waals surface area contributed by atoms with Gasteiger partial charge >= 0.3 is 6.03 Å². The van der Waals surface area contributed by atoms with E-state index in [1.807, 2.05) is 6.92 Å². The molecule has 2 N–H and O–H groups in total. The van der Waals surface area contributed by atoms with Gasteiger partial charge in [-0.25, -0.2) is 13.6 Å².